The summed E-state index contributed by atoms with van der Waals surface area (Å²) < 4.78 is 10.8. The van der Waals surface area contributed by atoms with Crippen LogP contribution in [0.15, 0.2) is 12.2 Å². The molecule has 0 bridgehead atoms. The molecular weight excluding hydrogens is 344 g/mol. The van der Waals surface area contributed by atoms with Gasteiger partial charge in [0.15, 0.2) is 0 Å². The predicted molar refractivity (Wildman–Crippen MR) is 109 cm³/mol. The lowest BCUT2D eigenvalue weighted by atomic mass is 10.0. The highest BCUT2D eigenvalue weighted by Gasteiger charge is 2.38. The Labute approximate surface area is 165 Å². The van der Waals surface area contributed by atoms with E-state index in [4.69, 9.17) is 14.6 Å². The highest BCUT2D eigenvalue weighted by molar-refractivity contribution is 4.87. The molecule has 5 nitrogen and oxygen atoms in total. The monoisotopic (exact) mass is 386 g/mol. The van der Waals surface area contributed by atoms with E-state index in [9.17, 15) is 10.2 Å². The highest BCUT2D eigenvalue weighted by atomic mass is 16.6. The molecule has 160 valence electrons. The first-order valence-electron chi connectivity index (χ1n) is 11.1. The van der Waals surface area contributed by atoms with Gasteiger partial charge in [0.25, 0.3) is 0 Å². The van der Waals surface area contributed by atoms with Crippen LogP contribution in [-0.4, -0.2) is 59.6 Å². The highest BCUT2D eigenvalue weighted by Crippen LogP contribution is 2.19. The van der Waals surface area contributed by atoms with E-state index in [1.54, 1.807) is 0 Å². The first-order chi connectivity index (χ1) is 13.2. The molecule has 0 unspecified atom stereocenters. The average molecular weight is 387 g/mol. The molecule has 0 aromatic heterocycles. The SMILES string of the molecule is CC/C=C/CCCCCCCCCCCCO[C@@H]1[C@@H](O)[C@H](CO)OC[C@H]1O. The number of aliphatic hydroxyl groups is 3. The first kappa shape index (κ1) is 24.6. The van der Waals surface area contributed by atoms with E-state index in [1.807, 2.05) is 0 Å². The summed E-state index contributed by atoms with van der Waals surface area (Å²) >= 11 is 0. The number of ether oxygens (including phenoxy) is 2. The zero-order valence-electron chi connectivity index (χ0n) is 17.2. The van der Waals surface area contributed by atoms with Crippen molar-refractivity contribution in [3.05, 3.63) is 12.2 Å². The van der Waals surface area contributed by atoms with Gasteiger partial charge >= 0.3 is 0 Å². The van der Waals surface area contributed by atoms with E-state index in [2.05, 4.69) is 19.1 Å². The smallest absolute Gasteiger partial charge is 0.114 e. The van der Waals surface area contributed by atoms with Crippen LogP contribution < -0.4 is 0 Å². The van der Waals surface area contributed by atoms with E-state index < -0.39 is 24.4 Å². The lowest BCUT2D eigenvalue weighted by Crippen LogP contribution is -2.55. The molecule has 0 aromatic rings. The van der Waals surface area contributed by atoms with Gasteiger partial charge in [-0.05, 0) is 25.7 Å². The molecule has 0 aliphatic carbocycles. The Morgan fingerprint density at radius 2 is 1.48 bits per heavy atom. The van der Waals surface area contributed by atoms with E-state index in [1.165, 1.54) is 57.8 Å². The van der Waals surface area contributed by atoms with Gasteiger partial charge in [-0.25, -0.2) is 0 Å². The van der Waals surface area contributed by atoms with Crippen LogP contribution in [-0.2, 0) is 9.47 Å². The van der Waals surface area contributed by atoms with E-state index in [0.29, 0.717) is 6.61 Å². The van der Waals surface area contributed by atoms with Crippen LogP contribution in [0.3, 0.4) is 0 Å². The third kappa shape index (κ3) is 11.2. The molecule has 4 atom stereocenters. The second-order valence-corrected chi connectivity index (χ2v) is 7.65. The van der Waals surface area contributed by atoms with Crippen LogP contribution in [0.25, 0.3) is 0 Å². The molecule has 0 spiro atoms. The second-order valence-electron chi connectivity index (χ2n) is 7.65. The fourth-order valence-electron chi connectivity index (χ4n) is 3.51. The molecule has 0 saturated carbocycles. The first-order valence-corrected chi connectivity index (χ1v) is 11.1. The third-order valence-corrected chi connectivity index (χ3v) is 5.24. The molecule has 1 fully saturated rings. The number of hydrogen-bond donors (Lipinski definition) is 3. The zero-order chi connectivity index (χ0) is 19.7. The summed E-state index contributed by atoms with van der Waals surface area (Å²) in [6.07, 6.45) is 16.4. The average Bonchev–Trinajstić information content (AvgIpc) is 2.67. The molecule has 1 rings (SSSR count). The van der Waals surface area contributed by atoms with E-state index >= 15 is 0 Å². The Balaban J connectivity index is 1.88. The Morgan fingerprint density at radius 3 is 2.07 bits per heavy atom. The molecule has 1 saturated heterocycles. The van der Waals surface area contributed by atoms with Crippen LogP contribution in [0.5, 0.6) is 0 Å². The minimum atomic E-state index is -0.971. The van der Waals surface area contributed by atoms with Crippen molar-refractivity contribution in [3.8, 4) is 0 Å². The Kier molecular flexibility index (Phi) is 15.0. The molecule has 27 heavy (non-hydrogen) atoms. The van der Waals surface area contributed by atoms with Gasteiger partial charge in [0, 0.05) is 6.61 Å². The summed E-state index contributed by atoms with van der Waals surface area (Å²) in [5, 5.41) is 29.1. The molecular formula is C22H42O5. The molecule has 3 N–H and O–H groups in total. The van der Waals surface area contributed by atoms with Crippen LogP contribution in [0.4, 0.5) is 0 Å². The predicted octanol–water partition coefficient (Wildman–Crippen LogP) is 3.74. The fourth-order valence-corrected chi connectivity index (χ4v) is 3.51. The summed E-state index contributed by atoms with van der Waals surface area (Å²) in [6, 6.07) is 0. The van der Waals surface area contributed by atoms with E-state index in [0.717, 1.165) is 19.3 Å². The van der Waals surface area contributed by atoms with Gasteiger partial charge in [-0.15, -0.1) is 0 Å². The Bertz CT molecular complexity index is 361. The van der Waals surface area contributed by atoms with Crippen molar-refractivity contribution in [3.63, 3.8) is 0 Å². The number of aliphatic hydroxyl groups excluding tert-OH is 3. The second kappa shape index (κ2) is 16.5. The summed E-state index contributed by atoms with van der Waals surface area (Å²) in [6.45, 7) is 2.55. The van der Waals surface area contributed by atoms with Crippen molar-refractivity contribution in [2.75, 3.05) is 19.8 Å². The van der Waals surface area contributed by atoms with Crippen molar-refractivity contribution < 1.29 is 24.8 Å². The van der Waals surface area contributed by atoms with Crippen LogP contribution in [0, 0.1) is 0 Å². The van der Waals surface area contributed by atoms with Crippen LogP contribution in [0.1, 0.15) is 84.0 Å². The molecule has 0 amide bonds. The lowest BCUT2D eigenvalue weighted by molar-refractivity contribution is -0.210. The Morgan fingerprint density at radius 1 is 0.889 bits per heavy atom. The molecule has 0 radical (unpaired) electrons. The summed E-state index contributed by atoms with van der Waals surface area (Å²) in [7, 11) is 0. The minimum absolute atomic E-state index is 0.0996. The largest absolute Gasteiger partial charge is 0.394 e. The summed E-state index contributed by atoms with van der Waals surface area (Å²) in [5.41, 5.74) is 0. The maximum atomic E-state index is 10.0. The van der Waals surface area contributed by atoms with Gasteiger partial charge in [-0.3, -0.25) is 0 Å². The van der Waals surface area contributed by atoms with Gasteiger partial charge in [0.1, 0.15) is 24.4 Å². The van der Waals surface area contributed by atoms with Crippen LogP contribution in [0.2, 0.25) is 0 Å². The van der Waals surface area contributed by atoms with Crippen molar-refractivity contribution in [1.82, 2.24) is 0 Å². The van der Waals surface area contributed by atoms with Gasteiger partial charge in [0.05, 0.1) is 13.2 Å². The van der Waals surface area contributed by atoms with E-state index in [-0.39, 0.29) is 13.2 Å². The van der Waals surface area contributed by atoms with Gasteiger partial charge in [-0.2, -0.15) is 0 Å². The fraction of sp³-hybridized carbons (Fsp3) is 0.909. The normalized spacial score (nSPS) is 26.1. The third-order valence-electron chi connectivity index (χ3n) is 5.24. The van der Waals surface area contributed by atoms with Gasteiger partial charge in [0.2, 0.25) is 0 Å². The number of hydrogen-bond acceptors (Lipinski definition) is 5. The number of rotatable bonds is 16. The topological polar surface area (TPSA) is 79.2 Å². The lowest BCUT2D eigenvalue weighted by Gasteiger charge is -2.37. The summed E-state index contributed by atoms with van der Waals surface area (Å²) in [4.78, 5) is 0. The van der Waals surface area contributed by atoms with Gasteiger partial charge in [-0.1, -0.05) is 70.4 Å². The maximum Gasteiger partial charge on any atom is 0.114 e. The van der Waals surface area contributed by atoms with Crippen molar-refractivity contribution in [1.29, 1.82) is 0 Å². The quantitative estimate of drug-likeness (QED) is 0.278. The minimum Gasteiger partial charge on any atom is -0.394 e. The summed E-state index contributed by atoms with van der Waals surface area (Å²) in [5.74, 6) is 0. The van der Waals surface area contributed by atoms with Crippen molar-refractivity contribution in [2.24, 2.45) is 0 Å². The molecule has 5 heteroatoms. The van der Waals surface area contributed by atoms with Crippen LogP contribution >= 0.6 is 0 Å². The number of allylic oxidation sites excluding steroid dienone is 2. The van der Waals surface area contributed by atoms with Crippen molar-refractivity contribution >= 4 is 0 Å². The Hall–Kier alpha value is -0.460. The zero-order valence-corrected chi connectivity index (χ0v) is 17.2. The molecule has 1 aliphatic heterocycles. The van der Waals surface area contributed by atoms with Crippen molar-refractivity contribution in [2.45, 2.75) is 108 Å². The molecule has 1 aliphatic rings. The maximum absolute atomic E-state index is 10.0. The van der Waals surface area contributed by atoms with Gasteiger partial charge < -0.3 is 24.8 Å². The molecule has 0 aromatic carbocycles. The number of unbranched alkanes of at least 4 members (excludes halogenated alkanes) is 10. The molecule has 1 heterocycles. The standard InChI is InChI=1S/C22H42O5/c1-2-3-4-5-6-7-8-9-10-11-12-13-14-15-16-26-22-19(24)18-27-20(17-23)21(22)25/h3-4,19-25H,2,5-18H2,1H3/b4-3+/t19-,20+,21+,22+/m1/s1.